The average molecular weight is 466 g/mol. The highest BCUT2D eigenvalue weighted by Crippen LogP contribution is 2.37. The SMILES string of the molecule is C/C=C/CCC1(c2ccc3c(F)c(CCc4cc(F)c(C#N)c(F)c4)ccc3c2)OCCCO1. The number of ether oxygens (including phenoxy) is 2. The average Bonchev–Trinajstić information content (AvgIpc) is 2.84. The van der Waals surface area contributed by atoms with Crippen LogP contribution in [0.2, 0.25) is 0 Å². The van der Waals surface area contributed by atoms with Crippen molar-refractivity contribution in [2.75, 3.05) is 13.2 Å². The molecule has 0 amide bonds. The Labute approximate surface area is 197 Å². The first-order valence-electron chi connectivity index (χ1n) is 11.5. The second-order valence-corrected chi connectivity index (χ2v) is 8.43. The maximum Gasteiger partial charge on any atom is 0.195 e. The van der Waals surface area contributed by atoms with Gasteiger partial charge in [-0.1, -0.05) is 36.4 Å². The van der Waals surface area contributed by atoms with Gasteiger partial charge >= 0.3 is 0 Å². The quantitative estimate of drug-likeness (QED) is 0.358. The minimum Gasteiger partial charge on any atom is -0.346 e. The molecule has 4 rings (SSSR count). The van der Waals surface area contributed by atoms with Crippen LogP contribution in [0, 0.1) is 28.8 Å². The number of aryl methyl sites for hydroxylation is 2. The molecule has 3 nitrogen and oxygen atoms in total. The Balaban J connectivity index is 1.59. The molecule has 0 N–H and O–H groups in total. The summed E-state index contributed by atoms with van der Waals surface area (Å²) in [5.74, 6) is -3.00. The van der Waals surface area contributed by atoms with Gasteiger partial charge in [-0.3, -0.25) is 0 Å². The topological polar surface area (TPSA) is 42.2 Å². The van der Waals surface area contributed by atoms with Crippen LogP contribution in [-0.4, -0.2) is 13.2 Å². The van der Waals surface area contributed by atoms with Gasteiger partial charge in [0, 0.05) is 17.4 Å². The monoisotopic (exact) mass is 465 g/mol. The molecule has 6 heteroatoms. The lowest BCUT2D eigenvalue weighted by Gasteiger charge is -2.37. The molecule has 1 heterocycles. The van der Waals surface area contributed by atoms with Crippen molar-refractivity contribution < 1.29 is 22.6 Å². The van der Waals surface area contributed by atoms with Crippen LogP contribution in [-0.2, 0) is 28.1 Å². The Bertz CT molecular complexity index is 1230. The number of nitrogens with zero attached hydrogens (tertiary/aromatic N) is 1. The van der Waals surface area contributed by atoms with Gasteiger partial charge in [0.15, 0.2) is 5.79 Å². The highest BCUT2D eigenvalue weighted by Gasteiger charge is 2.36. The Morgan fingerprint density at radius 3 is 2.41 bits per heavy atom. The van der Waals surface area contributed by atoms with Gasteiger partial charge < -0.3 is 9.47 Å². The highest BCUT2D eigenvalue weighted by atomic mass is 19.1. The van der Waals surface area contributed by atoms with Crippen molar-refractivity contribution in [3.05, 3.63) is 94.3 Å². The Morgan fingerprint density at radius 1 is 1.00 bits per heavy atom. The number of halogens is 3. The fourth-order valence-corrected chi connectivity index (χ4v) is 4.39. The molecule has 34 heavy (non-hydrogen) atoms. The molecule has 0 saturated carbocycles. The predicted molar refractivity (Wildman–Crippen MR) is 125 cm³/mol. The lowest BCUT2D eigenvalue weighted by Crippen LogP contribution is -2.38. The molecule has 1 saturated heterocycles. The smallest absolute Gasteiger partial charge is 0.195 e. The van der Waals surface area contributed by atoms with Crippen molar-refractivity contribution in [2.45, 2.75) is 44.8 Å². The van der Waals surface area contributed by atoms with Gasteiger partial charge in [0.25, 0.3) is 0 Å². The Kier molecular flexibility index (Phi) is 7.35. The summed E-state index contributed by atoms with van der Waals surface area (Å²) in [6, 6.07) is 12.8. The van der Waals surface area contributed by atoms with Crippen molar-refractivity contribution in [3.63, 3.8) is 0 Å². The van der Waals surface area contributed by atoms with E-state index < -0.39 is 23.0 Å². The van der Waals surface area contributed by atoms with Crippen molar-refractivity contribution in [1.29, 1.82) is 5.26 Å². The standard InChI is InChI=1S/C28H26F3NO2/c1-2-3-4-12-28(33-13-5-14-34-28)22-10-11-23-21(17-22)9-8-20(27(23)31)7-6-19-15-25(29)24(18-32)26(30)16-19/h2-3,8-11,15-17H,4-7,12-14H2,1H3/b3-2+. The summed E-state index contributed by atoms with van der Waals surface area (Å²) in [7, 11) is 0. The number of nitriles is 1. The zero-order valence-electron chi connectivity index (χ0n) is 19.0. The first kappa shape index (κ1) is 24.0. The van der Waals surface area contributed by atoms with Gasteiger partial charge in [0.1, 0.15) is 29.1 Å². The molecule has 176 valence electrons. The maximum atomic E-state index is 15.3. The van der Waals surface area contributed by atoms with Crippen LogP contribution in [0.5, 0.6) is 0 Å². The maximum absolute atomic E-state index is 15.3. The van der Waals surface area contributed by atoms with E-state index in [-0.39, 0.29) is 18.7 Å². The molecule has 0 unspecified atom stereocenters. The molecule has 1 fully saturated rings. The molecular weight excluding hydrogens is 439 g/mol. The lowest BCUT2D eigenvalue weighted by molar-refractivity contribution is -0.279. The zero-order chi connectivity index (χ0) is 24.1. The molecule has 0 spiro atoms. The largest absolute Gasteiger partial charge is 0.346 e. The third-order valence-corrected chi connectivity index (χ3v) is 6.21. The molecule has 1 aliphatic heterocycles. The van der Waals surface area contributed by atoms with Crippen LogP contribution in [0.3, 0.4) is 0 Å². The molecule has 0 atom stereocenters. The second-order valence-electron chi connectivity index (χ2n) is 8.43. The van der Waals surface area contributed by atoms with E-state index in [9.17, 15) is 8.78 Å². The summed E-state index contributed by atoms with van der Waals surface area (Å²) in [4.78, 5) is 0. The minimum atomic E-state index is -0.903. The van der Waals surface area contributed by atoms with Crippen LogP contribution in [0.1, 0.15) is 48.4 Å². The van der Waals surface area contributed by atoms with Crippen molar-refractivity contribution in [1.82, 2.24) is 0 Å². The number of benzene rings is 3. The summed E-state index contributed by atoms with van der Waals surface area (Å²) in [5, 5.41) is 10.0. The molecule has 0 aromatic heterocycles. The van der Waals surface area contributed by atoms with Gasteiger partial charge in [-0.25, -0.2) is 13.2 Å². The first-order chi connectivity index (χ1) is 16.5. The molecule has 3 aromatic carbocycles. The van der Waals surface area contributed by atoms with Gasteiger partial charge in [-0.2, -0.15) is 5.26 Å². The fraction of sp³-hybridized carbons (Fsp3) is 0.321. The number of hydrogen-bond acceptors (Lipinski definition) is 3. The van der Waals surface area contributed by atoms with Crippen LogP contribution >= 0.6 is 0 Å². The normalized spacial score (nSPS) is 15.6. The number of rotatable bonds is 7. The third kappa shape index (κ3) is 4.86. The number of fused-ring (bicyclic) bond motifs is 1. The van der Waals surface area contributed by atoms with Gasteiger partial charge in [0.05, 0.1) is 13.2 Å². The summed E-state index contributed by atoms with van der Waals surface area (Å²) in [5.41, 5.74) is 1.09. The molecule has 3 aromatic rings. The van der Waals surface area contributed by atoms with E-state index in [1.807, 2.05) is 31.2 Å². The summed E-state index contributed by atoms with van der Waals surface area (Å²) in [6.07, 6.45) is 6.89. The minimum absolute atomic E-state index is 0.246. The molecular formula is C28H26F3NO2. The highest BCUT2D eigenvalue weighted by molar-refractivity contribution is 5.84. The lowest BCUT2D eigenvalue weighted by atomic mass is 9.94. The van der Waals surface area contributed by atoms with E-state index in [0.29, 0.717) is 36.1 Å². The van der Waals surface area contributed by atoms with Gasteiger partial charge in [-0.15, -0.1) is 0 Å². The first-order valence-corrected chi connectivity index (χ1v) is 11.5. The third-order valence-electron chi connectivity index (χ3n) is 6.21. The second kappa shape index (κ2) is 10.4. The Hall–Kier alpha value is -3.14. The van der Waals surface area contributed by atoms with Crippen molar-refractivity contribution >= 4 is 10.8 Å². The summed E-state index contributed by atoms with van der Waals surface area (Å²) >= 11 is 0. The molecule has 0 aliphatic carbocycles. The van der Waals surface area contributed by atoms with Crippen LogP contribution in [0.25, 0.3) is 10.8 Å². The van der Waals surface area contributed by atoms with E-state index in [2.05, 4.69) is 6.08 Å². The fourth-order valence-electron chi connectivity index (χ4n) is 4.39. The van der Waals surface area contributed by atoms with Crippen molar-refractivity contribution in [3.8, 4) is 6.07 Å². The predicted octanol–water partition coefficient (Wildman–Crippen LogP) is 6.86. The number of allylic oxidation sites excluding steroid dienone is 2. The summed E-state index contributed by atoms with van der Waals surface area (Å²) < 4.78 is 55.3. The number of hydrogen-bond donors (Lipinski definition) is 0. The van der Waals surface area contributed by atoms with Crippen LogP contribution in [0.4, 0.5) is 13.2 Å². The van der Waals surface area contributed by atoms with Crippen molar-refractivity contribution in [2.24, 2.45) is 0 Å². The van der Waals surface area contributed by atoms with E-state index in [4.69, 9.17) is 14.7 Å². The molecule has 0 bridgehead atoms. The van der Waals surface area contributed by atoms with E-state index in [1.54, 1.807) is 12.1 Å². The molecule has 1 aliphatic rings. The van der Waals surface area contributed by atoms with E-state index in [1.165, 1.54) is 6.07 Å². The Morgan fingerprint density at radius 2 is 1.74 bits per heavy atom. The molecule has 0 radical (unpaired) electrons. The van der Waals surface area contributed by atoms with E-state index in [0.717, 1.165) is 35.9 Å². The summed E-state index contributed by atoms with van der Waals surface area (Å²) in [6.45, 7) is 3.19. The van der Waals surface area contributed by atoms with Crippen LogP contribution < -0.4 is 0 Å². The zero-order valence-corrected chi connectivity index (χ0v) is 19.0. The van der Waals surface area contributed by atoms with Gasteiger partial charge in [-0.05, 0) is 67.3 Å². The van der Waals surface area contributed by atoms with Gasteiger partial charge in [0.2, 0.25) is 0 Å². The van der Waals surface area contributed by atoms with Crippen LogP contribution in [0.15, 0.2) is 54.6 Å². The van der Waals surface area contributed by atoms with E-state index >= 15 is 4.39 Å².